The highest BCUT2D eigenvalue weighted by atomic mass is 19.2. The molecule has 0 aromatic carbocycles. The first-order valence-electron chi connectivity index (χ1n) is 3.60. The van der Waals surface area contributed by atoms with E-state index in [9.17, 15) is 9.28 Å². The standard InChI is InChI=1S/C7H14FNO2/c1-5(2)4-11-7(10)6(3)9-8/h5-6,9H,4H2,1-3H3. The summed E-state index contributed by atoms with van der Waals surface area (Å²) in [4.78, 5) is 10.8. The highest BCUT2D eigenvalue weighted by molar-refractivity contribution is 5.74. The Morgan fingerprint density at radius 1 is 1.55 bits per heavy atom. The average molecular weight is 163 g/mol. The molecule has 4 heteroatoms. The van der Waals surface area contributed by atoms with Crippen molar-refractivity contribution in [2.75, 3.05) is 6.61 Å². The first-order chi connectivity index (χ1) is 5.07. The molecular formula is C7H14FNO2. The fourth-order valence-corrected chi connectivity index (χ4v) is 0.418. The lowest BCUT2D eigenvalue weighted by Gasteiger charge is -2.09. The van der Waals surface area contributed by atoms with E-state index in [1.165, 1.54) is 12.5 Å². The van der Waals surface area contributed by atoms with Gasteiger partial charge in [-0.1, -0.05) is 13.8 Å². The second-order valence-corrected chi connectivity index (χ2v) is 2.85. The first-order valence-corrected chi connectivity index (χ1v) is 3.60. The Morgan fingerprint density at radius 2 is 2.09 bits per heavy atom. The van der Waals surface area contributed by atoms with Crippen LogP contribution in [-0.2, 0) is 9.53 Å². The van der Waals surface area contributed by atoms with Crippen molar-refractivity contribution in [1.82, 2.24) is 5.54 Å². The van der Waals surface area contributed by atoms with Crippen LogP contribution in [0.1, 0.15) is 20.8 Å². The molecule has 0 saturated heterocycles. The largest absolute Gasteiger partial charge is 0.464 e. The Kier molecular flexibility index (Phi) is 4.77. The summed E-state index contributed by atoms with van der Waals surface area (Å²) in [5, 5.41) is 0. The predicted molar refractivity (Wildman–Crippen MR) is 39.5 cm³/mol. The van der Waals surface area contributed by atoms with Crippen molar-refractivity contribution in [3.05, 3.63) is 0 Å². The van der Waals surface area contributed by atoms with E-state index in [1.54, 1.807) is 0 Å². The van der Waals surface area contributed by atoms with Gasteiger partial charge in [-0.25, -0.2) is 0 Å². The molecular weight excluding hydrogens is 149 g/mol. The molecule has 0 aromatic heterocycles. The summed E-state index contributed by atoms with van der Waals surface area (Å²) in [6.07, 6.45) is 0. The molecule has 1 atom stereocenters. The van der Waals surface area contributed by atoms with Crippen LogP contribution in [0.5, 0.6) is 0 Å². The fourth-order valence-electron chi connectivity index (χ4n) is 0.418. The van der Waals surface area contributed by atoms with E-state index in [-0.39, 0.29) is 5.92 Å². The molecule has 0 amide bonds. The molecule has 0 aromatic rings. The van der Waals surface area contributed by atoms with Crippen molar-refractivity contribution in [2.45, 2.75) is 26.8 Å². The summed E-state index contributed by atoms with van der Waals surface area (Å²) < 4.78 is 16.3. The van der Waals surface area contributed by atoms with Gasteiger partial charge in [0.05, 0.1) is 6.61 Å². The third-order valence-electron chi connectivity index (χ3n) is 1.08. The molecule has 0 aliphatic rings. The van der Waals surface area contributed by atoms with Crippen LogP contribution in [0.15, 0.2) is 0 Å². The Hall–Kier alpha value is -0.640. The van der Waals surface area contributed by atoms with Gasteiger partial charge in [-0.2, -0.15) is 0 Å². The van der Waals surface area contributed by atoms with E-state index in [2.05, 4.69) is 0 Å². The number of hydrogen-bond acceptors (Lipinski definition) is 3. The summed E-state index contributed by atoms with van der Waals surface area (Å²) in [5.74, 6) is -0.271. The van der Waals surface area contributed by atoms with Gasteiger partial charge in [0, 0.05) is 0 Å². The van der Waals surface area contributed by atoms with Gasteiger partial charge in [0.2, 0.25) is 0 Å². The molecule has 0 saturated carbocycles. The highest BCUT2D eigenvalue weighted by Crippen LogP contribution is 1.95. The van der Waals surface area contributed by atoms with Gasteiger partial charge in [0.1, 0.15) is 6.04 Å². The minimum absolute atomic E-state index is 0.283. The maximum atomic E-state index is 11.6. The van der Waals surface area contributed by atoms with E-state index in [0.29, 0.717) is 6.61 Å². The number of carbonyl (C=O) groups is 1. The summed E-state index contributed by atoms with van der Waals surface area (Å²) in [6.45, 7) is 5.58. The van der Waals surface area contributed by atoms with Crippen LogP contribution in [0, 0.1) is 5.92 Å². The van der Waals surface area contributed by atoms with E-state index in [0.717, 1.165) is 0 Å². The second-order valence-electron chi connectivity index (χ2n) is 2.85. The third kappa shape index (κ3) is 4.72. The van der Waals surface area contributed by atoms with Crippen molar-refractivity contribution < 1.29 is 14.0 Å². The van der Waals surface area contributed by atoms with Crippen molar-refractivity contribution >= 4 is 5.97 Å². The zero-order valence-corrected chi connectivity index (χ0v) is 7.06. The van der Waals surface area contributed by atoms with Crippen molar-refractivity contribution in [3.8, 4) is 0 Å². The fraction of sp³-hybridized carbons (Fsp3) is 0.857. The topological polar surface area (TPSA) is 38.3 Å². The first kappa shape index (κ1) is 10.4. The number of carbonyl (C=O) groups excluding carboxylic acids is 1. The summed E-state index contributed by atoms with van der Waals surface area (Å²) in [5.41, 5.74) is 1.31. The molecule has 0 heterocycles. The monoisotopic (exact) mass is 163 g/mol. The lowest BCUT2D eigenvalue weighted by Crippen LogP contribution is -2.30. The van der Waals surface area contributed by atoms with Crippen molar-refractivity contribution in [3.63, 3.8) is 0 Å². The quantitative estimate of drug-likeness (QED) is 0.497. The smallest absolute Gasteiger partial charge is 0.325 e. The van der Waals surface area contributed by atoms with Gasteiger partial charge >= 0.3 is 5.97 Å². The van der Waals surface area contributed by atoms with Gasteiger partial charge in [-0.05, 0) is 12.8 Å². The Labute approximate surface area is 65.9 Å². The van der Waals surface area contributed by atoms with Gasteiger partial charge in [-0.15, -0.1) is 10.0 Å². The van der Waals surface area contributed by atoms with E-state index in [1.807, 2.05) is 13.8 Å². The Balaban J connectivity index is 3.52. The lowest BCUT2D eigenvalue weighted by atomic mass is 10.2. The van der Waals surface area contributed by atoms with Gasteiger partial charge < -0.3 is 4.74 Å². The third-order valence-corrected chi connectivity index (χ3v) is 1.08. The van der Waals surface area contributed by atoms with Crippen LogP contribution in [-0.4, -0.2) is 18.6 Å². The molecule has 0 aliphatic carbocycles. The predicted octanol–water partition coefficient (Wildman–Crippen LogP) is 1.05. The van der Waals surface area contributed by atoms with Crippen molar-refractivity contribution in [1.29, 1.82) is 0 Å². The number of nitrogens with one attached hydrogen (secondary N) is 1. The van der Waals surface area contributed by atoms with Crippen LogP contribution in [0.25, 0.3) is 0 Å². The number of rotatable bonds is 4. The SMILES string of the molecule is CC(C)COC(=O)C(C)NF. The van der Waals surface area contributed by atoms with E-state index in [4.69, 9.17) is 4.74 Å². The maximum absolute atomic E-state index is 11.6. The molecule has 1 N–H and O–H groups in total. The zero-order valence-electron chi connectivity index (χ0n) is 7.06. The van der Waals surface area contributed by atoms with Crippen molar-refractivity contribution in [2.24, 2.45) is 5.92 Å². The Bertz CT molecular complexity index is 128. The number of ether oxygens (including phenoxy) is 1. The maximum Gasteiger partial charge on any atom is 0.325 e. The molecule has 3 nitrogen and oxygen atoms in total. The minimum Gasteiger partial charge on any atom is -0.464 e. The van der Waals surface area contributed by atoms with Crippen LogP contribution in [0.3, 0.4) is 0 Å². The molecule has 0 radical (unpaired) electrons. The molecule has 0 rings (SSSR count). The molecule has 66 valence electrons. The second kappa shape index (κ2) is 5.07. The average Bonchev–Trinajstić information content (AvgIpc) is 1.98. The van der Waals surface area contributed by atoms with Crippen LogP contribution >= 0.6 is 0 Å². The van der Waals surface area contributed by atoms with Gasteiger partial charge in [-0.3, -0.25) is 4.79 Å². The normalized spacial score (nSPS) is 13.2. The van der Waals surface area contributed by atoms with E-state index < -0.39 is 12.0 Å². The van der Waals surface area contributed by atoms with Crippen LogP contribution in [0.4, 0.5) is 4.48 Å². The van der Waals surface area contributed by atoms with E-state index >= 15 is 0 Å². The molecule has 11 heavy (non-hydrogen) atoms. The highest BCUT2D eigenvalue weighted by Gasteiger charge is 2.13. The Morgan fingerprint density at radius 3 is 2.45 bits per heavy atom. The van der Waals surface area contributed by atoms with Crippen LogP contribution < -0.4 is 5.54 Å². The summed E-state index contributed by atoms with van der Waals surface area (Å²) >= 11 is 0. The molecule has 0 spiro atoms. The molecule has 0 aliphatic heterocycles. The molecule has 0 bridgehead atoms. The number of halogens is 1. The van der Waals surface area contributed by atoms with Crippen LogP contribution in [0.2, 0.25) is 0 Å². The molecule has 0 fully saturated rings. The lowest BCUT2D eigenvalue weighted by molar-refractivity contribution is -0.148. The minimum atomic E-state index is -0.867. The summed E-state index contributed by atoms with van der Waals surface area (Å²) in [7, 11) is 0. The summed E-state index contributed by atoms with van der Waals surface area (Å²) in [6, 6.07) is -0.867. The number of hydrogen-bond donors (Lipinski definition) is 1. The molecule has 1 unspecified atom stereocenters. The van der Waals surface area contributed by atoms with Gasteiger partial charge in [0.15, 0.2) is 0 Å². The number of esters is 1. The zero-order chi connectivity index (χ0) is 8.85. The van der Waals surface area contributed by atoms with Gasteiger partial charge in [0.25, 0.3) is 0 Å².